The molecule has 0 atom stereocenters. The van der Waals surface area contributed by atoms with Gasteiger partial charge >= 0.3 is 0 Å². The molecule has 0 spiro atoms. The van der Waals surface area contributed by atoms with Gasteiger partial charge in [0.15, 0.2) is 5.69 Å². The van der Waals surface area contributed by atoms with Crippen LogP contribution in [-0.2, 0) is 0 Å². The predicted octanol–water partition coefficient (Wildman–Crippen LogP) is -0.342. The fourth-order valence-corrected chi connectivity index (χ4v) is 3.45. The summed E-state index contributed by atoms with van der Waals surface area (Å²) in [7, 11) is 1.60. The maximum absolute atomic E-state index is 6.20. The molecule has 0 saturated heterocycles. The summed E-state index contributed by atoms with van der Waals surface area (Å²) in [4.78, 5) is 14.1. The maximum Gasteiger partial charge on any atom is 0.244 e. The van der Waals surface area contributed by atoms with E-state index in [1.165, 1.54) is 6.33 Å². The van der Waals surface area contributed by atoms with Gasteiger partial charge in [0.1, 0.15) is 11.4 Å². The third-order valence-electron chi connectivity index (χ3n) is 3.26. The van der Waals surface area contributed by atoms with Crippen molar-refractivity contribution < 1.29 is 21.7 Å². The molecule has 1 aliphatic carbocycles. The highest BCUT2D eigenvalue weighted by molar-refractivity contribution is 8.04. The lowest BCUT2D eigenvalue weighted by molar-refractivity contribution is -0.00000526. The second-order valence-electron chi connectivity index (χ2n) is 5.57. The Hall–Kier alpha value is -1.08. The molecule has 1 aromatic rings. The second kappa shape index (κ2) is 5.37. The minimum atomic E-state index is 0. The summed E-state index contributed by atoms with van der Waals surface area (Å²) in [6, 6.07) is 0. The summed E-state index contributed by atoms with van der Waals surface area (Å²) in [5.41, 5.74) is 9.00. The number of thioether (sulfide) groups is 1. The number of methoxy groups -OCH3 is 1. The Balaban J connectivity index is 0.00000147. The lowest BCUT2D eigenvalue weighted by Crippen LogP contribution is -3.00. The van der Waals surface area contributed by atoms with Crippen LogP contribution in [0.15, 0.2) is 26.9 Å². The quantitative estimate of drug-likeness (QED) is 0.697. The zero-order valence-corrected chi connectivity index (χ0v) is 14.0. The summed E-state index contributed by atoms with van der Waals surface area (Å²) in [5, 5.41) is 0.813. The fourth-order valence-electron chi connectivity index (χ4n) is 2.49. The van der Waals surface area contributed by atoms with E-state index in [1.54, 1.807) is 18.9 Å². The molecule has 0 unspecified atom stereocenters. The van der Waals surface area contributed by atoms with Crippen LogP contribution < -0.4 is 27.5 Å². The van der Waals surface area contributed by atoms with Crippen LogP contribution in [0.1, 0.15) is 26.7 Å². The highest BCUT2D eigenvalue weighted by Crippen LogP contribution is 2.48. The van der Waals surface area contributed by atoms with Crippen LogP contribution in [0.3, 0.4) is 0 Å². The molecule has 3 rings (SSSR count). The normalized spacial score (nSPS) is 19.4. The number of nitrogens with two attached hydrogens (primary N) is 1. The van der Waals surface area contributed by atoms with Crippen molar-refractivity contribution in [2.45, 2.75) is 31.7 Å². The zero-order chi connectivity index (χ0) is 13.6. The zero-order valence-electron chi connectivity index (χ0n) is 11.6. The van der Waals surface area contributed by atoms with Gasteiger partial charge in [0.05, 0.1) is 17.7 Å². The third-order valence-corrected chi connectivity index (χ3v) is 4.46. The number of halogens is 1. The van der Waals surface area contributed by atoms with Crippen LogP contribution >= 0.6 is 11.8 Å². The standard InChI is InChI=1S/C13H16N4OS.BrH/c1-13(2)4-7(14)10-8(5-13)17-9-11(18-3)15-6-16-12(9)19-10;/h6H,4-5,14H2,1-3H3;1H/p-1. The monoisotopic (exact) mass is 355 g/mol. The minimum absolute atomic E-state index is 0. The van der Waals surface area contributed by atoms with E-state index in [9.17, 15) is 0 Å². The molecule has 1 aromatic heterocycles. The van der Waals surface area contributed by atoms with Crippen molar-refractivity contribution in [3.05, 3.63) is 16.9 Å². The van der Waals surface area contributed by atoms with Crippen molar-refractivity contribution >= 4 is 23.2 Å². The smallest absolute Gasteiger partial charge is 0.244 e. The molecule has 108 valence electrons. The fraction of sp³-hybridized carbons (Fsp3) is 0.462. The number of allylic oxidation sites excluding steroid dienone is 2. The topological polar surface area (TPSA) is 73.4 Å². The molecule has 0 bridgehead atoms. The first-order valence-corrected chi connectivity index (χ1v) is 6.95. The molecule has 0 fully saturated rings. The van der Waals surface area contributed by atoms with Gasteiger partial charge in [-0.3, -0.25) is 0 Å². The Morgan fingerprint density at radius 1 is 1.30 bits per heavy atom. The van der Waals surface area contributed by atoms with E-state index < -0.39 is 0 Å². The van der Waals surface area contributed by atoms with Crippen molar-refractivity contribution in [1.82, 2.24) is 9.97 Å². The minimum Gasteiger partial charge on any atom is -1.00 e. The predicted molar refractivity (Wildman–Crippen MR) is 75.8 cm³/mol. The van der Waals surface area contributed by atoms with Crippen molar-refractivity contribution in [2.24, 2.45) is 16.1 Å². The molecular weight excluding hydrogens is 340 g/mol. The number of ether oxygens (including phenoxy) is 1. The molecule has 20 heavy (non-hydrogen) atoms. The van der Waals surface area contributed by atoms with Gasteiger partial charge in [0.2, 0.25) is 5.88 Å². The molecular formula is C13H16BrN4OS-. The SMILES string of the molecule is COc1ncnc2c1N=C1CC(C)(C)CC(N)=C1S2.[Br-]. The molecule has 1 aliphatic heterocycles. The summed E-state index contributed by atoms with van der Waals surface area (Å²) in [6.45, 7) is 4.41. The summed E-state index contributed by atoms with van der Waals surface area (Å²) < 4.78 is 5.25. The van der Waals surface area contributed by atoms with Crippen LogP contribution in [-0.4, -0.2) is 22.8 Å². The Morgan fingerprint density at radius 3 is 2.75 bits per heavy atom. The van der Waals surface area contributed by atoms with E-state index in [0.717, 1.165) is 39.9 Å². The Labute approximate surface area is 132 Å². The van der Waals surface area contributed by atoms with Gasteiger partial charge in [0.25, 0.3) is 0 Å². The molecule has 2 N–H and O–H groups in total. The van der Waals surface area contributed by atoms with E-state index in [2.05, 4.69) is 23.8 Å². The van der Waals surface area contributed by atoms with Crippen molar-refractivity contribution in [2.75, 3.05) is 7.11 Å². The van der Waals surface area contributed by atoms with Crippen LogP contribution in [0.25, 0.3) is 0 Å². The van der Waals surface area contributed by atoms with Gasteiger partial charge in [0, 0.05) is 5.70 Å². The maximum atomic E-state index is 6.20. The molecule has 5 nitrogen and oxygen atoms in total. The Kier molecular flexibility index (Phi) is 4.11. The highest BCUT2D eigenvalue weighted by atomic mass is 79.9. The first-order chi connectivity index (χ1) is 9.00. The van der Waals surface area contributed by atoms with Gasteiger partial charge in [-0.15, -0.1) is 0 Å². The van der Waals surface area contributed by atoms with Crippen molar-refractivity contribution in [3.8, 4) is 5.88 Å². The van der Waals surface area contributed by atoms with Gasteiger partial charge in [-0.1, -0.05) is 25.6 Å². The van der Waals surface area contributed by atoms with Crippen LogP contribution in [0.4, 0.5) is 5.69 Å². The number of hydrogen-bond acceptors (Lipinski definition) is 6. The summed E-state index contributed by atoms with van der Waals surface area (Å²) >= 11 is 1.57. The average Bonchev–Trinajstić information content (AvgIpc) is 2.35. The lowest BCUT2D eigenvalue weighted by atomic mass is 9.78. The van der Waals surface area contributed by atoms with Gasteiger partial charge < -0.3 is 27.5 Å². The largest absolute Gasteiger partial charge is 1.00 e. The van der Waals surface area contributed by atoms with E-state index in [4.69, 9.17) is 15.5 Å². The molecule has 2 aliphatic rings. The van der Waals surface area contributed by atoms with Crippen LogP contribution in [0.5, 0.6) is 5.88 Å². The van der Waals surface area contributed by atoms with E-state index in [-0.39, 0.29) is 22.4 Å². The first kappa shape index (κ1) is 15.3. The van der Waals surface area contributed by atoms with Crippen molar-refractivity contribution in [3.63, 3.8) is 0 Å². The van der Waals surface area contributed by atoms with E-state index in [0.29, 0.717) is 5.88 Å². The third kappa shape index (κ3) is 2.56. The molecule has 0 aromatic carbocycles. The number of nitrogens with zero attached hydrogens (tertiary/aromatic N) is 3. The first-order valence-electron chi connectivity index (χ1n) is 6.13. The number of fused-ring (bicyclic) bond motifs is 2. The molecule has 2 heterocycles. The second-order valence-corrected chi connectivity index (χ2v) is 6.57. The van der Waals surface area contributed by atoms with Gasteiger partial charge in [-0.05, 0) is 18.3 Å². The molecule has 7 heteroatoms. The molecule has 0 amide bonds. The van der Waals surface area contributed by atoms with Crippen LogP contribution in [0, 0.1) is 5.41 Å². The van der Waals surface area contributed by atoms with E-state index >= 15 is 0 Å². The summed E-state index contributed by atoms with van der Waals surface area (Å²) in [5.74, 6) is 0.519. The Morgan fingerprint density at radius 2 is 2.05 bits per heavy atom. The molecule has 0 radical (unpaired) electrons. The average molecular weight is 356 g/mol. The Bertz CT molecular complexity index is 612. The number of aromatic nitrogens is 2. The van der Waals surface area contributed by atoms with Gasteiger partial charge in [-0.25, -0.2) is 9.98 Å². The van der Waals surface area contributed by atoms with Gasteiger partial charge in [-0.2, -0.15) is 4.98 Å². The summed E-state index contributed by atoms with van der Waals surface area (Å²) in [6.07, 6.45) is 3.30. The van der Waals surface area contributed by atoms with Crippen molar-refractivity contribution in [1.29, 1.82) is 0 Å². The lowest BCUT2D eigenvalue weighted by Gasteiger charge is -2.33. The highest BCUT2D eigenvalue weighted by Gasteiger charge is 2.34. The number of hydrogen-bond donors (Lipinski definition) is 1. The number of aliphatic imine (C=N–C) groups is 1. The van der Waals surface area contributed by atoms with E-state index in [1.807, 2.05) is 0 Å². The molecule has 0 saturated carbocycles. The van der Waals surface area contributed by atoms with Crippen LogP contribution in [0.2, 0.25) is 0 Å². The number of rotatable bonds is 1.